The molecule has 0 bridgehead atoms. The molecule has 0 saturated carbocycles. The molecule has 4 atom stereocenters. The fraction of sp³-hybridized carbons (Fsp3) is 0.714. The molecule has 0 saturated heterocycles. The smallest absolute Gasteiger partial charge is 0.326 e. The van der Waals surface area contributed by atoms with Crippen molar-refractivity contribution in [3.63, 3.8) is 0 Å². The highest BCUT2D eigenvalue weighted by molar-refractivity contribution is 7.80. The number of aliphatic carboxylic acids is 1. The minimum absolute atomic E-state index is 0.0617. The maximum Gasteiger partial charge on any atom is 0.326 e. The Bertz CT molecular complexity index is 502. The number of nitrogens with one attached hydrogen (secondary N) is 3. The third-order valence-corrected chi connectivity index (χ3v) is 3.70. The van der Waals surface area contributed by atoms with Crippen LogP contribution in [0.2, 0.25) is 0 Å². The number of carboxylic acid groups (broad SMARTS) is 1. The number of rotatable bonds is 10. The number of carbonyl (C=O) groups is 4. The third-order valence-electron chi connectivity index (χ3n) is 3.33. The van der Waals surface area contributed by atoms with Gasteiger partial charge in [0.05, 0.1) is 6.61 Å². The lowest BCUT2D eigenvalue weighted by Crippen LogP contribution is -2.57. The molecule has 10 nitrogen and oxygen atoms in total. The second-order valence-corrected chi connectivity index (χ2v) is 6.20. The van der Waals surface area contributed by atoms with Crippen molar-refractivity contribution in [2.45, 2.75) is 44.9 Å². The molecule has 0 aliphatic rings. The third kappa shape index (κ3) is 7.71. The van der Waals surface area contributed by atoms with E-state index in [9.17, 15) is 19.2 Å². The topological polar surface area (TPSA) is 171 Å². The lowest BCUT2D eigenvalue weighted by Gasteiger charge is -2.23. The molecule has 7 N–H and O–H groups in total. The summed E-state index contributed by atoms with van der Waals surface area (Å²) in [6, 6.07) is -4.36. The van der Waals surface area contributed by atoms with Gasteiger partial charge in [-0.05, 0) is 12.8 Å². The largest absolute Gasteiger partial charge is 0.480 e. The van der Waals surface area contributed by atoms with Crippen molar-refractivity contribution in [1.29, 1.82) is 0 Å². The minimum Gasteiger partial charge on any atom is -0.480 e. The highest BCUT2D eigenvalue weighted by Crippen LogP contribution is 2.02. The SMILES string of the molecule is CC(NC(=O)C(CS)NC(=O)C(N)CO)C(=O)NC(C(=O)O)C(C)C. The second kappa shape index (κ2) is 10.9. The molecule has 4 unspecified atom stereocenters. The van der Waals surface area contributed by atoms with Crippen LogP contribution in [-0.4, -0.2) is 70.4 Å². The molecule has 0 rings (SSSR count). The van der Waals surface area contributed by atoms with Crippen LogP contribution in [0.15, 0.2) is 0 Å². The predicted octanol–water partition coefficient (Wildman–Crippen LogP) is -2.55. The zero-order valence-electron chi connectivity index (χ0n) is 14.4. The summed E-state index contributed by atoms with van der Waals surface area (Å²) in [4.78, 5) is 46.9. The number of carbonyl (C=O) groups excluding carboxylic acids is 3. The highest BCUT2D eigenvalue weighted by atomic mass is 32.1. The van der Waals surface area contributed by atoms with Crippen molar-refractivity contribution < 1.29 is 29.4 Å². The van der Waals surface area contributed by atoms with Gasteiger partial charge < -0.3 is 31.9 Å². The first kappa shape index (κ1) is 23.1. The van der Waals surface area contributed by atoms with E-state index in [0.717, 1.165) is 0 Å². The quantitative estimate of drug-likeness (QED) is 0.205. The molecular formula is C14H26N4O6S. The van der Waals surface area contributed by atoms with Gasteiger partial charge in [0, 0.05) is 5.75 Å². The second-order valence-electron chi connectivity index (χ2n) is 5.83. The maximum absolute atomic E-state index is 12.1. The zero-order valence-corrected chi connectivity index (χ0v) is 15.2. The fourth-order valence-corrected chi connectivity index (χ4v) is 1.98. The standard InChI is InChI=1S/C14H26N4O6S/c1-6(2)10(14(23)24)18-11(20)7(3)16-13(22)9(5-25)17-12(21)8(15)4-19/h6-10,19,25H,4-5,15H2,1-3H3,(H,16,22)(H,17,21)(H,18,20)(H,23,24). The monoisotopic (exact) mass is 378 g/mol. The van der Waals surface area contributed by atoms with Gasteiger partial charge in [-0.3, -0.25) is 14.4 Å². The Morgan fingerprint density at radius 1 is 1.00 bits per heavy atom. The number of hydrogen-bond acceptors (Lipinski definition) is 7. The van der Waals surface area contributed by atoms with Gasteiger partial charge in [-0.2, -0.15) is 12.6 Å². The molecule has 0 radical (unpaired) electrons. The van der Waals surface area contributed by atoms with E-state index >= 15 is 0 Å². The Morgan fingerprint density at radius 2 is 1.56 bits per heavy atom. The Morgan fingerprint density at radius 3 is 1.96 bits per heavy atom. The van der Waals surface area contributed by atoms with E-state index < -0.39 is 54.5 Å². The van der Waals surface area contributed by atoms with Gasteiger partial charge in [-0.1, -0.05) is 13.8 Å². The van der Waals surface area contributed by atoms with Gasteiger partial charge in [0.15, 0.2) is 0 Å². The molecule has 144 valence electrons. The molecule has 0 aromatic rings. The van der Waals surface area contributed by atoms with Gasteiger partial charge in [-0.15, -0.1) is 0 Å². The van der Waals surface area contributed by atoms with E-state index in [4.69, 9.17) is 15.9 Å². The van der Waals surface area contributed by atoms with Crippen LogP contribution in [0.4, 0.5) is 0 Å². The average molecular weight is 378 g/mol. The Hall–Kier alpha value is -1.85. The van der Waals surface area contributed by atoms with Gasteiger partial charge in [0.25, 0.3) is 0 Å². The number of aliphatic hydroxyl groups excluding tert-OH is 1. The zero-order chi connectivity index (χ0) is 19.7. The molecule has 0 aliphatic carbocycles. The van der Waals surface area contributed by atoms with Crippen molar-refractivity contribution >= 4 is 36.3 Å². The summed E-state index contributed by atoms with van der Waals surface area (Å²) in [5.41, 5.74) is 5.34. The van der Waals surface area contributed by atoms with Crippen LogP contribution in [0.1, 0.15) is 20.8 Å². The van der Waals surface area contributed by atoms with Crippen LogP contribution in [0.5, 0.6) is 0 Å². The average Bonchev–Trinajstić information content (AvgIpc) is 2.54. The molecule has 3 amide bonds. The molecule has 0 heterocycles. The molecular weight excluding hydrogens is 352 g/mol. The van der Waals surface area contributed by atoms with E-state index in [1.165, 1.54) is 6.92 Å². The number of thiol groups is 1. The van der Waals surface area contributed by atoms with Crippen LogP contribution >= 0.6 is 12.6 Å². The van der Waals surface area contributed by atoms with Crippen LogP contribution in [0.25, 0.3) is 0 Å². The van der Waals surface area contributed by atoms with Gasteiger partial charge >= 0.3 is 5.97 Å². The van der Waals surface area contributed by atoms with Crippen LogP contribution in [-0.2, 0) is 19.2 Å². The van der Waals surface area contributed by atoms with Crippen molar-refractivity contribution in [1.82, 2.24) is 16.0 Å². The Kier molecular flexibility index (Phi) is 10.1. The molecule has 11 heteroatoms. The maximum atomic E-state index is 12.1. The first-order chi connectivity index (χ1) is 11.5. The van der Waals surface area contributed by atoms with Crippen molar-refractivity contribution in [3.05, 3.63) is 0 Å². The number of carboxylic acids is 1. The van der Waals surface area contributed by atoms with Gasteiger partial charge in [-0.25, -0.2) is 4.79 Å². The molecule has 0 aromatic heterocycles. The normalized spacial score (nSPS) is 15.6. The minimum atomic E-state index is -1.18. The fourth-order valence-electron chi connectivity index (χ4n) is 1.73. The summed E-state index contributed by atoms with van der Waals surface area (Å²) >= 11 is 3.95. The van der Waals surface area contributed by atoms with E-state index in [-0.39, 0.29) is 11.7 Å². The van der Waals surface area contributed by atoms with Gasteiger partial charge in [0.2, 0.25) is 17.7 Å². The lowest BCUT2D eigenvalue weighted by molar-refractivity contribution is -0.143. The number of nitrogens with two attached hydrogens (primary N) is 1. The summed E-state index contributed by atoms with van der Waals surface area (Å²) in [7, 11) is 0. The number of aliphatic hydroxyl groups is 1. The van der Waals surface area contributed by atoms with E-state index in [0.29, 0.717) is 0 Å². The molecule has 0 fully saturated rings. The highest BCUT2D eigenvalue weighted by Gasteiger charge is 2.28. The van der Waals surface area contributed by atoms with Crippen LogP contribution in [0, 0.1) is 5.92 Å². The van der Waals surface area contributed by atoms with Crippen molar-refractivity contribution in [3.8, 4) is 0 Å². The predicted molar refractivity (Wildman–Crippen MR) is 92.9 cm³/mol. The lowest BCUT2D eigenvalue weighted by atomic mass is 10.0. The first-order valence-corrected chi connectivity index (χ1v) is 8.29. The summed E-state index contributed by atoms with van der Waals surface area (Å²) in [6.45, 7) is 4.07. The summed E-state index contributed by atoms with van der Waals surface area (Å²) < 4.78 is 0. The summed E-state index contributed by atoms with van der Waals surface area (Å²) in [5.74, 6) is -3.68. The molecule has 0 spiro atoms. The van der Waals surface area contributed by atoms with E-state index in [2.05, 4.69) is 28.6 Å². The van der Waals surface area contributed by atoms with E-state index in [1.54, 1.807) is 13.8 Å². The molecule has 0 aromatic carbocycles. The van der Waals surface area contributed by atoms with Crippen LogP contribution in [0.3, 0.4) is 0 Å². The first-order valence-electron chi connectivity index (χ1n) is 7.66. The number of hydrogen-bond donors (Lipinski definition) is 7. The van der Waals surface area contributed by atoms with Crippen molar-refractivity contribution in [2.24, 2.45) is 11.7 Å². The van der Waals surface area contributed by atoms with Crippen LogP contribution < -0.4 is 21.7 Å². The Balaban J connectivity index is 4.76. The summed E-state index contributed by atoms with van der Waals surface area (Å²) in [6.07, 6.45) is 0. The molecule has 0 aliphatic heterocycles. The summed E-state index contributed by atoms with van der Waals surface area (Å²) in [5, 5.41) is 24.9. The number of amides is 3. The van der Waals surface area contributed by atoms with Crippen molar-refractivity contribution in [2.75, 3.05) is 12.4 Å². The Labute approximate surface area is 151 Å². The van der Waals surface area contributed by atoms with E-state index in [1.807, 2.05) is 0 Å². The van der Waals surface area contributed by atoms with Gasteiger partial charge in [0.1, 0.15) is 24.2 Å². The molecule has 25 heavy (non-hydrogen) atoms.